The fourth-order valence-corrected chi connectivity index (χ4v) is 2.13. The number of hydrogen-bond acceptors (Lipinski definition) is 3. The summed E-state index contributed by atoms with van der Waals surface area (Å²) in [6, 6.07) is 3.19. The van der Waals surface area contributed by atoms with Gasteiger partial charge in [0.2, 0.25) is 0 Å². The number of benzene rings is 1. The molecule has 0 aliphatic rings. The second-order valence-electron chi connectivity index (χ2n) is 5.24. The first-order valence-corrected chi connectivity index (χ1v) is 7.58. The molecule has 0 aliphatic heterocycles. The van der Waals surface area contributed by atoms with Crippen LogP contribution in [0.1, 0.15) is 41.0 Å². The second kappa shape index (κ2) is 8.50. The first-order valence-electron chi connectivity index (χ1n) is 7.58. The quantitative estimate of drug-likeness (QED) is 0.781. The van der Waals surface area contributed by atoms with Crippen LogP contribution < -0.4 is 5.32 Å². The number of carboxylic acids is 1. The summed E-state index contributed by atoms with van der Waals surface area (Å²) in [5.74, 6) is -2.98. The van der Waals surface area contributed by atoms with Gasteiger partial charge in [0.25, 0.3) is 11.8 Å². The van der Waals surface area contributed by atoms with Gasteiger partial charge in [0.15, 0.2) is 0 Å². The number of hydrogen-bond donors (Lipinski definition) is 2. The van der Waals surface area contributed by atoms with E-state index in [0.717, 1.165) is 0 Å². The Morgan fingerprint density at radius 1 is 1.08 bits per heavy atom. The van der Waals surface area contributed by atoms with E-state index in [1.165, 1.54) is 24.3 Å². The van der Waals surface area contributed by atoms with Gasteiger partial charge in [-0.05, 0) is 38.1 Å². The second-order valence-corrected chi connectivity index (χ2v) is 5.24. The fraction of sp³-hybridized carbons (Fsp3) is 0.438. The van der Waals surface area contributed by atoms with E-state index in [4.69, 9.17) is 5.11 Å². The monoisotopic (exact) mass is 360 g/mol. The van der Waals surface area contributed by atoms with E-state index in [2.05, 4.69) is 0 Å². The highest BCUT2D eigenvalue weighted by atomic mass is 19.4. The molecule has 9 heteroatoms. The first kappa shape index (κ1) is 20.5. The third-order valence-electron chi connectivity index (χ3n) is 3.48. The summed E-state index contributed by atoms with van der Waals surface area (Å²) >= 11 is 0. The molecule has 138 valence electrons. The first-order chi connectivity index (χ1) is 11.6. The molecular formula is C16H19F3N2O4. The average Bonchev–Trinajstić information content (AvgIpc) is 2.54. The van der Waals surface area contributed by atoms with Crippen LogP contribution in [0.3, 0.4) is 0 Å². The van der Waals surface area contributed by atoms with Gasteiger partial charge < -0.3 is 15.3 Å². The highest BCUT2D eigenvalue weighted by Gasteiger charge is 2.36. The normalized spacial score (nSPS) is 12.4. The molecule has 0 spiro atoms. The SMILES string of the molecule is CCN(CC)C(=O)c1ccc(C(=O)NC(CC(F)(F)F)C(=O)O)cc1. The molecule has 0 radical (unpaired) electrons. The maximum atomic E-state index is 12.3. The Balaban J connectivity index is 2.85. The van der Waals surface area contributed by atoms with Crippen LogP contribution in [0.25, 0.3) is 0 Å². The summed E-state index contributed by atoms with van der Waals surface area (Å²) in [6.07, 6.45) is -6.40. The number of carboxylic acid groups (broad SMARTS) is 1. The van der Waals surface area contributed by atoms with Crippen molar-refractivity contribution in [1.82, 2.24) is 10.2 Å². The van der Waals surface area contributed by atoms with E-state index in [1.54, 1.807) is 4.90 Å². The molecular weight excluding hydrogens is 341 g/mol. The van der Waals surface area contributed by atoms with Crippen molar-refractivity contribution in [3.63, 3.8) is 0 Å². The number of nitrogens with zero attached hydrogens (tertiary/aromatic N) is 1. The number of alkyl halides is 3. The van der Waals surface area contributed by atoms with Crippen molar-refractivity contribution in [2.75, 3.05) is 13.1 Å². The summed E-state index contributed by atoms with van der Waals surface area (Å²) in [5, 5.41) is 10.6. The van der Waals surface area contributed by atoms with Crippen LogP contribution in [0.15, 0.2) is 24.3 Å². The molecule has 25 heavy (non-hydrogen) atoms. The molecule has 2 N–H and O–H groups in total. The molecule has 0 bridgehead atoms. The van der Waals surface area contributed by atoms with E-state index in [0.29, 0.717) is 18.7 Å². The van der Waals surface area contributed by atoms with Crippen LogP contribution >= 0.6 is 0 Å². The fourth-order valence-electron chi connectivity index (χ4n) is 2.13. The van der Waals surface area contributed by atoms with Crippen LogP contribution in [0, 0.1) is 0 Å². The maximum absolute atomic E-state index is 12.3. The molecule has 1 aromatic carbocycles. The predicted molar refractivity (Wildman–Crippen MR) is 83.3 cm³/mol. The number of halogens is 3. The van der Waals surface area contributed by atoms with E-state index >= 15 is 0 Å². The molecule has 1 unspecified atom stereocenters. The molecule has 0 heterocycles. The number of rotatable bonds is 7. The van der Waals surface area contributed by atoms with Crippen LogP contribution in [-0.2, 0) is 4.79 Å². The van der Waals surface area contributed by atoms with Crippen molar-refractivity contribution in [2.24, 2.45) is 0 Å². The Morgan fingerprint density at radius 2 is 1.56 bits per heavy atom. The zero-order valence-electron chi connectivity index (χ0n) is 13.8. The van der Waals surface area contributed by atoms with Gasteiger partial charge in [-0.3, -0.25) is 9.59 Å². The smallest absolute Gasteiger partial charge is 0.391 e. The minimum Gasteiger partial charge on any atom is -0.480 e. The van der Waals surface area contributed by atoms with Crippen molar-refractivity contribution in [3.8, 4) is 0 Å². The maximum Gasteiger partial charge on any atom is 0.391 e. The predicted octanol–water partition coefficient (Wildman–Crippen LogP) is 2.30. The van der Waals surface area contributed by atoms with Gasteiger partial charge >= 0.3 is 12.1 Å². The number of amides is 2. The third kappa shape index (κ3) is 6.09. The van der Waals surface area contributed by atoms with Gasteiger partial charge in [-0.25, -0.2) is 4.79 Å². The Morgan fingerprint density at radius 3 is 1.96 bits per heavy atom. The lowest BCUT2D eigenvalue weighted by Crippen LogP contribution is -2.43. The van der Waals surface area contributed by atoms with Gasteiger partial charge in [-0.15, -0.1) is 0 Å². The molecule has 1 aromatic rings. The number of nitrogens with one attached hydrogen (secondary N) is 1. The zero-order chi connectivity index (χ0) is 19.2. The summed E-state index contributed by atoms with van der Waals surface area (Å²) in [7, 11) is 0. The molecule has 1 atom stereocenters. The minimum atomic E-state index is -4.73. The Kier molecular flexibility index (Phi) is 6.96. The molecule has 2 amide bonds. The Hall–Kier alpha value is -2.58. The average molecular weight is 360 g/mol. The molecule has 0 aliphatic carbocycles. The van der Waals surface area contributed by atoms with Crippen molar-refractivity contribution >= 4 is 17.8 Å². The molecule has 6 nitrogen and oxygen atoms in total. The molecule has 0 aromatic heterocycles. The molecule has 0 fully saturated rings. The van der Waals surface area contributed by atoms with Crippen molar-refractivity contribution in [3.05, 3.63) is 35.4 Å². The summed E-state index contributed by atoms with van der Waals surface area (Å²) in [6.45, 7) is 4.65. The zero-order valence-corrected chi connectivity index (χ0v) is 13.8. The largest absolute Gasteiger partial charge is 0.480 e. The number of carbonyl (C=O) groups is 3. The number of aliphatic carboxylic acids is 1. The summed E-state index contributed by atoms with van der Waals surface area (Å²) in [4.78, 5) is 36.5. The lowest BCUT2D eigenvalue weighted by Gasteiger charge is -2.19. The van der Waals surface area contributed by atoms with Crippen molar-refractivity contribution < 1.29 is 32.7 Å². The Bertz CT molecular complexity index is 625. The van der Waals surface area contributed by atoms with Gasteiger partial charge in [0, 0.05) is 24.2 Å². The van der Waals surface area contributed by atoms with Gasteiger partial charge in [-0.1, -0.05) is 0 Å². The van der Waals surface area contributed by atoms with Crippen LogP contribution in [0.4, 0.5) is 13.2 Å². The van der Waals surface area contributed by atoms with Crippen LogP contribution in [-0.4, -0.2) is 53.1 Å². The highest BCUT2D eigenvalue weighted by molar-refractivity contribution is 5.99. The van der Waals surface area contributed by atoms with E-state index in [-0.39, 0.29) is 11.5 Å². The van der Waals surface area contributed by atoms with Gasteiger partial charge in [-0.2, -0.15) is 13.2 Å². The molecule has 0 saturated heterocycles. The van der Waals surface area contributed by atoms with E-state index < -0.39 is 30.5 Å². The van der Waals surface area contributed by atoms with Crippen molar-refractivity contribution in [2.45, 2.75) is 32.5 Å². The van der Waals surface area contributed by atoms with Gasteiger partial charge in [0.1, 0.15) is 6.04 Å². The molecule has 1 rings (SSSR count). The Labute approximate surface area is 142 Å². The third-order valence-corrected chi connectivity index (χ3v) is 3.48. The van der Waals surface area contributed by atoms with Gasteiger partial charge in [0.05, 0.1) is 6.42 Å². The lowest BCUT2D eigenvalue weighted by molar-refractivity contribution is -0.157. The standard InChI is InChI=1S/C16H19F3N2O4/c1-3-21(4-2)14(23)11-7-5-10(6-8-11)13(22)20-12(15(24)25)9-16(17,18)19/h5-8,12H,3-4,9H2,1-2H3,(H,20,22)(H,24,25). The van der Waals surface area contributed by atoms with E-state index in [9.17, 15) is 27.6 Å². The van der Waals surface area contributed by atoms with E-state index in [1.807, 2.05) is 19.2 Å². The highest BCUT2D eigenvalue weighted by Crippen LogP contribution is 2.22. The van der Waals surface area contributed by atoms with Crippen LogP contribution in [0.5, 0.6) is 0 Å². The van der Waals surface area contributed by atoms with Crippen molar-refractivity contribution in [1.29, 1.82) is 0 Å². The molecule has 0 saturated carbocycles. The topological polar surface area (TPSA) is 86.7 Å². The van der Waals surface area contributed by atoms with Crippen LogP contribution in [0.2, 0.25) is 0 Å². The number of carbonyl (C=O) groups excluding carboxylic acids is 2. The summed E-state index contributed by atoms with van der Waals surface area (Å²) < 4.78 is 37.0. The summed E-state index contributed by atoms with van der Waals surface area (Å²) in [5.41, 5.74) is 0.287. The minimum absolute atomic E-state index is 0.0375. The lowest BCUT2D eigenvalue weighted by atomic mass is 10.1.